The number of rotatable bonds is 7. The van der Waals surface area contributed by atoms with Crippen LogP contribution in [0.5, 0.6) is 0 Å². The van der Waals surface area contributed by atoms with E-state index in [4.69, 9.17) is 11.6 Å². The summed E-state index contributed by atoms with van der Waals surface area (Å²) >= 11 is 6.20. The number of carbonyl (C=O) groups is 1. The first kappa shape index (κ1) is 18.5. The van der Waals surface area contributed by atoms with E-state index in [0.29, 0.717) is 22.7 Å². The Morgan fingerprint density at radius 1 is 1.29 bits per heavy atom. The van der Waals surface area contributed by atoms with Crippen LogP contribution in [0, 0.1) is 5.82 Å². The predicted molar refractivity (Wildman–Crippen MR) is 96.0 cm³/mol. The minimum absolute atomic E-state index is 0.173. The number of halogens is 2. The highest BCUT2D eigenvalue weighted by Crippen LogP contribution is 2.29. The highest BCUT2D eigenvalue weighted by Gasteiger charge is 2.22. The molecule has 1 N–H and O–H groups in total. The van der Waals surface area contributed by atoms with Gasteiger partial charge in [-0.3, -0.25) is 4.79 Å². The first-order valence-corrected chi connectivity index (χ1v) is 8.75. The number of nitrogens with zero attached hydrogens (tertiary/aromatic N) is 1. The molecule has 5 heteroatoms. The van der Waals surface area contributed by atoms with E-state index < -0.39 is 6.04 Å². The highest BCUT2D eigenvalue weighted by atomic mass is 35.5. The molecule has 1 amide bonds. The van der Waals surface area contributed by atoms with Crippen LogP contribution in [0.15, 0.2) is 36.5 Å². The number of carbonyl (C=O) groups excluding carboxylic acids is 1. The van der Waals surface area contributed by atoms with Crippen molar-refractivity contribution >= 4 is 17.5 Å². The smallest absolute Gasteiger partial charge is 0.268 e. The second-order valence-electron chi connectivity index (χ2n) is 6.20. The number of hydrogen-bond donors (Lipinski definition) is 1. The van der Waals surface area contributed by atoms with Crippen molar-refractivity contribution in [1.29, 1.82) is 0 Å². The van der Waals surface area contributed by atoms with Crippen LogP contribution in [-0.2, 0) is 0 Å². The van der Waals surface area contributed by atoms with Gasteiger partial charge in [0.1, 0.15) is 11.5 Å². The minimum atomic E-state index is -0.443. The molecule has 2 aromatic rings. The van der Waals surface area contributed by atoms with E-state index in [1.54, 1.807) is 18.2 Å². The van der Waals surface area contributed by atoms with Crippen LogP contribution in [0.25, 0.3) is 0 Å². The maximum absolute atomic E-state index is 14.3. The van der Waals surface area contributed by atoms with Crippen molar-refractivity contribution in [2.45, 2.75) is 52.1 Å². The molecule has 3 nitrogen and oxygen atoms in total. The molecule has 2 rings (SSSR count). The Morgan fingerprint density at radius 3 is 2.67 bits per heavy atom. The Bertz CT molecular complexity index is 676. The molecule has 0 saturated carbocycles. The average molecular weight is 351 g/mol. The summed E-state index contributed by atoms with van der Waals surface area (Å²) in [5, 5.41) is 3.31. The second-order valence-corrected chi connectivity index (χ2v) is 6.61. The zero-order valence-electron chi connectivity index (χ0n) is 14.4. The maximum atomic E-state index is 14.3. The summed E-state index contributed by atoms with van der Waals surface area (Å²) in [5.41, 5.74) is 0.933. The molecule has 1 aromatic heterocycles. The van der Waals surface area contributed by atoms with Gasteiger partial charge >= 0.3 is 0 Å². The number of benzene rings is 1. The van der Waals surface area contributed by atoms with Gasteiger partial charge < -0.3 is 9.88 Å². The van der Waals surface area contributed by atoms with Crippen LogP contribution in [0.2, 0.25) is 5.02 Å². The lowest BCUT2D eigenvalue weighted by atomic mass is 10.00. The zero-order valence-corrected chi connectivity index (χ0v) is 15.1. The average Bonchev–Trinajstić information content (AvgIpc) is 3.02. The molecule has 0 radical (unpaired) electrons. The number of nitrogens with one attached hydrogen (secondary N) is 1. The largest absolute Gasteiger partial charge is 0.344 e. The molecule has 1 unspecified atom stereocenters. The number of unbranched alkanes of at least 4 members (excludes halogenated alkanes) is 1. The van der Waals surface area contributed by atoms with E-state index in [9.17, 15) is 9.18 Å². The van der Waals surface area contributed by atoms with Crippen molar-refractivity contribution in [3.05, 3.63) is 58.6 Å². The number of hydrogen-bond acceptors (Lipinski definition) is 1. The van der Waals surface area contributed by atoms with Crippen molar-refractivity contribution in [3.63, 3.8) is 0 Å². The van der Waals surface area contributed by atoms with Crippen LogP contribution in [-0.4, -0.2) is 10.5 Å². The fourth-order valence-corrected chi connectivity index (χ4v) is 3.10. The molecule has 0 aliphatic carbocycles. The Morgan fingerprint density at radius 2 is 2.04 bits per heavy atom. The fourth-order valence-electron chi connectivity index (χ4n) is 2.81. The molecule has 24 heavy (non-hydrogen) atoms. The van der Waals surface area contributed by atoms with Crippen LogP contribution >= 0.6 is 11.6 Å². The Kier molecular flexibility index (Phi) is 6.44. The zero-order chi connectivity index (χ0) is 17.7. The van der Waals surface area contributed by atoms with Gasteiger partial charge in [-0.15, -0.1) is 0 Å². The van der Waals surface area contributed by atoms with E-state index in [-0.39, 0.29) is 17.8 Å². The summed E-state index contributed by atoms with van der Waals surface area (Å²) in [4.78, 5) is 12.7. The Hall–Kier alpha value is -1.81. The molecule has 0 bridgehead atoms. The van der Waals surface area contributed by atoms with Crippen molar-refractivity contribution < 1.29 is 9.18 Å². The Balaban J connectivity index is 2.29. The maximum Gasteiger partial charge on any atom is 0.268 e. The lowest BCUT2D eigenvalue weighted by Crippen LogP contribution is -2.31. The molecular weight excluding hydrogens is 327 g/mol. The van der Waals surface area contributed by atoms with Gasteiger partial charge in [0, 0.05) is 22.8 Å². The van der Waals surface area contributed by atoms with E-state index >= 15 is 0 Å². The molecule has 0 aliphatic rings. The Labute approximate surface area is 147 Å². The second kappa shape index (κ2) is 8.34. The molecule has 1 atom stereocenters. The van der Waals surface area contributed by atoms with Gasteiger partial charge in [0.2, 0.25) is 0 Å². The highest BCUT2D eigenvalue weighted by molar-refractivity contribution is 6.31. The summed E-state index contributed by atoms with van der Waals surface area (Å²) in [7, 11) is 0. The third-order valence-electron chi connectivity index (χ3n) is 4.07. The van der Waals surface area contributed by atoms with E-state index in [1.165, 1.54) is 6.07 Å². The van der Waals surface area contributed by atoms with Gasteiger partial charge in [0.05, 0.1) is 6.04 Å². The molecule has 0 aliphatic heterocycles. The summed E-state index contributed by atoms with van der Waals surface area (Å²) in [6.45, 7) is 6.09. The normalized spacial score (nSPS) is 12.4. The summed E-state index contributed by atoms with van der Waals surface area (Å²) in [6, 6.07) is 7.95. The molecule has 0 saturated heterocycles. The quantitative estimate of drug-likeness (QED) is 0.700. The summed E-state index contributed by atoms with van der Waals surface area (Å²) in [6.07, 6.45) is 4.35. The molecular formula is C19H24ClFN2O. The van der Waals surface area contributed by atoms with Gasteiger partial charge in [-0.2, -0.15) is 0 Å². The lowest BCUT2D eigenvalue weighted by Gasteiger charge is -2.22. The van der Waals surface area contributed by atoms with Gasteiger partial charge in [0.25, 0.3) is 5.91 Å². The van der Waals surface area contributed by atoms with Crippen molar-refractivity contribution in [3.8, 4) is 0 Å². The SMILES string of the molecule is CCCCC(NC(=O)c1cccn1C(C)C)c1c(F)cccc1Cl. The molecule has 1 aromatic carbocycles. The van der Waals surface area contributed by atoms with Gasteiger partial charge in [-0.05, 0) is 44.5 Å². The van der Waals surface area contributed by atoms with E-state index in [0.717, 1.165) is 12.8 Å². The lowest BCUT2D eigenvalue weighted by molar-refractivity contribution is 0.0922. The first-order valence-electron chi connectivity index (χ1n) is 8.37. The van der Waals surface area contributed by atoms with Gasteiger partial charge in [-0.1, -0.05) is 37.4 Å². The van der Waals surface area contributed by atoms with Crippen molar-refractivity contribution in [1.82, 2.24) is 9.88 Å². The minimum Gasteiger partial charge on any atom is -0.344 e. The molecule has 1 heterocycles. The monoisotopic (exact) mass is 350 g/mol. The van der Waals surface area contributed by atoms with Crippen LogP contribution in [0.1, 0.15) is 68.2 Å². The fraction of sp³-hybridized carbons (Fsp3) is 0.421. The summed E-state index contributed by atoms with van der Waals surface area (Å²) < 4.78 is 16.2. The summed E-state index contributed by atoms with van der Waals surface area (Å²) in [5.74, 6) is -0.600. The third kappa shape index (κ3) is 4.18. The van der Waals surface area contributed by atoms with E-state index in [1.807, 2.05) is 30.7 Å². The first-order chi connectivity index (χ1) is 11.5. The topological polar surface area (TPSA) is 34.0 Å². The molecule has 130 valence electrons. The van der Waals surface area contributed by atoms with Crippen LogP contribution in [0.4, 0.5) is 4.39 Å². The van der Waals surface area contributed by atoms with Crippen LogP contribution < -0.4 is 5.32 Å². The number of amides is 1. The van der Waals surface area contributed by atoms with Crippen molar-refractivity contribution in [2.24, 2.45) is 0 Å². The van der Waals surface area contributed by atoms with E-state index in [2.05, 4.69) is 12.2 Å². The number of aromatic nitrogens is 1. The molecule has 0 fully saturated rings. The van der Waals surface area contributed by atoms with Crippen LogP contribution in [0.3, 0.4) is 0 Å². The van der Waals surface area contributed by atoms with Crippen molar-refractivity contribution in [2.75, 3.05) is 0 Å². The van der Waals surface area contributed by atoms with Gasteiger partial charge in [0.15, 0.2) is 0 Å². The third-order valence-corrected chi connectivity index (χ3v) is 4.40. The predicted octanol–water partition coefficient (Wildman–Crippen LogP) is 5.52. The molecule has 0 spiro atoms. The van der Waals surface area contributed by atoms with Gasteiger partial charge in [-0.25, -0.2) is 4.39 Å². The standard InChI is InChI=1S/C19H24ClFN2O/c1-4-5-10-16(18-14(20)8-6-9-15(18)21)22-19(24)17-11-7-12-23(17)13(2)3/h6-9,11-13,16H,4-5,10H2,1-3H3,(H,22,24).